The number of carbonyl (C=O) groups is 11. The van der Waals surface area contributed by atoms with Crippen molar-refractivity contribution in [3.63, 3.8) is 0 Å². The minimum atomic E-state index is -5.21. The minimum Gasteiger partial charge on any atom is -0.377 e. The van der Waals surface area contributed by atoms with Crippen molar-refractivity contribution in [2.75, 3.05) is 74.6 Å². The Bertz CT molecular complexity index is 3110. The van der Waals surface area contributed by atoms with Crippen LogP contribution in [-0.4, -0.2) is 263 Å². The van der Waals surface area contributed by atoms with Gasteiger partial charge in [-0.15, -0.1) is 0 Å². The number of nitrogens with one attached hydrogen (secondary N) is 3. The van der Waals surface area contributed by atoms with Gasteiger partial charge in [-0.1, -0.05) is 79.9 Å². The molecule has 11 amide bonds. The summed E-state index contributed by atoms with van der Waals surface area (Å²) < 4.78 is 121. The molecule has 0 aromatic rings. The summed E-state index contributed by atoms with van der Waals surface area (Å²) in [6.45, 7) is 12.9. The molecule has 7 rings (SSSR count). The minimum absolute atomic E-state index is 0.00727. The Hall–Kier alpha value is -6.69. The third-order valence-corrected chi connectivity index (χ3v) is 23.8. The summed E-state index contributed by atoms with van der Waals surface area (Å²) in [6.07, 6.45) is -13.3. The lowest BCUT2D eigenvalue weighted by Crippen LogP contribution is -2.71. The van der Waals surface area contributed by atoms with Gasteiger partial charge in [0.1, 0.15) is 66.1 Å². The quantitative estimate of drug-likeness (QED) is 0.119. The van der Waals surface area contributed by atoms with Crippen molar-refractivity contribution in [1.29, 1.82) is 0 Å². The molecule has 105 heavy (non-hydrogen) atoms. The van der Waals surface area contributed by atoms with Gasteiger partial charge in [-0.25, -0.2) is 8.78 Å². The molecule has 23 nitrogen and oxygen atoms in total. The van der Waals surface area contributed by atoms with Gasteiger partial charge in [-0.3, -0.25) is 52.7 Å². The van der Waals surface area contributed by atoms with Gasteiger partial charge < -0.3 is 59.9 Å². The van der Waals surface area contributed by atoms with E-state index in [0.717, 1.165) is 19.6 Å². The lowest BCUT2D eigenvalue weighted by Gasteiger charge is -2.54. The molecule has 3 N–H and O–H groups in total. The summed E-state index contributed by atoms with van der Waals surface area (Å²) in [5.74, 6) is -15.1. The number of halogens is 8. The topological polar surface area (TPSA) is 259 Å². The number of rotatable bonds is 13. The van der Waals surface area contributed by atoms with Crippen molar-refractivity contribution in [2.24, 2.45) is 40.9 Å². The van der Waals surface area contributed by atoms with Gasteiger partial charge >= 0.3 is 12.4 Å². The first-order chi connectivity index (χ1) is 49.2. The van der Waals surface area contributed by atoms with Crippen LogP contribution in [0.5, 0.6) is 0 Å². The number of nitrogens with zero attached hydrogens (tertiary/aromatic N) is 8. The molecule has 1 spiro atoms. The number of hydrogen-bond donors (Lipinski definition) is 3. The molecule has 4 aliphatic heterocycles. The Balaban J connectivity index is 1.31. The van der Waals surface area contributed by atoms with E-state index < -0.39 is 223 Å². The zero-order valence-electron chi connectivity index (χ0n) is 63.6. The van der Waals surface area contributed by atoms with Crippen LogP contribution in [0.3, 0.4) is 0 Å². The van der Waals surface area contributed by atoms with Gasteiger partial charge in [0, 0.05) is 80.4 Å². The van der Waals surface area contributed by atoms with Crippen molar-refractivity contribution in [3.8, 4) is 0 Å². The molecule has 3 aliphatic carbocycles. The average Bonchev–Trinajstić information content (AvgIpc) is 1.72. The largest absolute Gasteiger partial charge is 0.397 e. The molecular formula is C74H115F8N11O12. The van der Waals surface area contributed by atoms with Crippen LogP contribution in [0.15, 0.2) is 12.2 Å². The molecule has 594 valence electrons. The standard InChI is InChI=1S/C74H115F8N11O12/c1-14-43(6)61-68(102)87(10)40-59(96)89(12)54-24-20-19-21-31-92(67(54)101)56(35-44-25-28-47(29-26-44)73(77,78)79)66(100)86(9)39-57(94)83-52(30-27-45-33-50(75)60(51(76)34-45)74(80,81)82)65(99)93-38-49(105-18-5)37-55(93)64(98)85-72(41-71(7,8)42-72)70(104)90(13)62(46(15-2)16-3)69(103)91-32-22-23-48(91)36-58(95)88(11)53(17-4)63(97)84-61/h19-20,43-56,60-62H,14-18,21-42H2,1-13H3,(H,83,94)(H,84,97)(H,85,98)/b20-19-/t43-,44?,45?,47?,48+,49+,50?,51?,52-,53-,54-,55-,56-,60?,61-,62-/m0/s1. The molecule has 2 unspecified atom stereocenters. The van der Waals surface area contributed by atoms with Crippen molar-refractivity contribution in [2.45, 2.75) is 275 Å². The highest BCUT2D eigenvalue weighted by molar-refractivity contribution is 6.00. The lowest BCUT2D eigenvalue weighted by atomic mass is 9.58. The second-order valence-electron chi connectivity index (χ2n) is 31.8. The molecule has 31 heteroatoms. The molecule has 6 fully saturated rings. The first-order valence-electron chi connectivity index (χ1n) is 38.0. The van der Waals surface area contributed by atoms with Crippen molar-refractivity contribution in [1.82, 2.24) is 55.1 Å². The summed E-state index contributed by atoms with van der Waals surface area (Å²) >= 11 is 0. The van der Waals surface area contributed by atoms with Crippen molar-refractivity contribution in [3.05, 3.63) is 12.2 Å². The third kappa shape index (κ3) is 20.4. The highest BCUT2D eigenvalue weighted by Gasteiger charge is 2.60. The Kier molecular flexibility index (Phi) is 29.3. The van der Waals surface area contributed by atoms with Crippen LogP contribution in [0.25, 0.3) is 0 Å². The van der Waals surface area contributed by atoms with E-state index in [9.17, 15) is 50.3 Å². The van der Waals surface area contributed by atoms with Crippen LogP contribution in [0, 0.1) is 40.9 Å². The zero-order chi connectivity index (χ0) is 78.1. The van der Waals surface area contributed by atoms with Gasteiger partial charge in [-0.05, 0) is 139 Å². The SMILES string of the molecule is CCO[C@@H]1C[C@H]2C(=O)NC3(CC(C)(C)C3)C(=O)N(C)[C@@H](C(CC)CC)C(=O)N3CCC[C@@H]3CC(=O)N(C)[C@@H](CC)C(=O)N[C@@H]([C@@H](C)CC)C(=O)N(C)CC(=O)N(C)[C@H]3C/C=C\CCN(C3=O)[C@@H](CC3CCC(C(F)(F)F)CC3)C(=O)N(C)CC(=O)N[C@@H](CCC3CC(F)C(C(F)(F)F)C(F)C3)C(=O)N2C1. The first-order valence-corrected chi connectivity index (χ1v) is 38.0. The molecule has 4 heterocycles. The molecule has 0 radical (unpaired) electrons. The number of alkyl halides is 8. The van der Waals surface area contributed by atoms with Crippen LogP contribution in [0.1, 0.15) is 190 Å². The lowest BCUT2D eigenvalue weighted by molar-refractivity contribution is -0.219. The Morgan fingerprint density at radius 3 is 1.81 bits per heavy atom. The molecule has 3 saturated carbocycles. The highest BCUT2D eigenvalue weighted by atomic mass is 19.4. The van der Waals surface area contributed by atoms with Gasteiger partial charge in [0.15, 0.2) is 0 Å². The number of ether oxygens (including phenoxy) is 1. The second-order valence-corrected chi connectivity index (χ2v) is 31.8. The Morgan fingerprint density at radius 2 is 1.24 bits per heavy atom. The second kappa shape index (κ2) is 36.0. The number of likely N-dealkylation sites (N-methyl/N-ethyl adjacent to an activating group) is 5. The van der Waals surface area contributed by atoms with Crippen LogP contribution in [-0.2, 0) is 57.5 Å². The average molecular weight is 1500 g/mol. The van der Waals surface area contributed by atoms with Gasteiger partial charge in [0.25, 0.3) is 0 Å². The molecule has 0 aromatic heterocycles. The van der Waals surface area contributed by atoms with Gasteiger partial charge in [0.05, 0.1) is 25.1 Å². The van der Waals surface area contributed by atoms with E-state index in [0.29, 0.717) is 32.1 Å². The van der Waals surface area contributed by atoms with Crippen molar-refractivity contribution < 1.29 is 92.6 Å². The first kappa shape index (κ1) is 85.6. The maximum Gasteiger partial charge on any atom is 0.397 e. The number of hydrogen-bond acceptors (Lipinski definition) is 12. The summed E-state index contributed by atoms with van der Waals surface area (Å²) in [6, 6.07) is -10.1. The molecule has 2 bridgehead atoms. The van der Waals surface area contributed by atoms with E-state index in [2.05, 4.69) is 16.0 Å². The molecule has 3 saturated heterocycles. The van der Waals surface area contributed by atoms with Crippen LogP contribution < -0.4 is 16.0 Å². The Labute approximate surface area is 613 Å². The predicted octanol–water partition coefficient (Wildman–Crippen LogP) is 7.67. The fraction of sp³-hybridized carbons (Fsp3) is 0.824. The predicted molar refractivity (Wildman–Crippen MR) is 373 cm³/mol. The summed E-state index contributed by atoms with van der Waals surface area (Å²) in [5, 5.41) is 8.52. The van der Waals surface area contributed by atoms with Crippen LogP contribution in [0.2, 0.25) is 0 Å². The smallest absolute Gasteiger partial charge is 0.377 e. The summed E-state index contributed by atoms with van der Waals surface area (Å²) in [7, 11) is 6.87. The molecule has 7 aliphatic rings. The van der Waals surface area contributed by atoms with Gasteiger partial charge in [0.2, 0.25) is 65.0 Å². The van der Waals surface area contributed by atoms with E-state index in [1.807, 2.05) is 27.7 Å². The zero-order valence-corrected chi connectivity index (χ0v) is 63.6. The number of fused-ring (bicyclic) bond motifs is 4. The highest BCUT2D eigenvalue weighted by Crippen LogP contribution is 2.50. The number of amides is 11. The molecule has 12 atom stereocenters. The summed E-state index contributed by atoms with van der Waals surface area (Å²) in [4.78, 5) is 176. The van der Waals surface area contributed by atoms with E-state index >= 15 is 37.5 Å². The van der Waals surface area contributed by atoms with Gasteiger partial charge in [-0.2, -0.15) is 26.3 Å². The maximum atomic E-state index is 15.7. The van der Waals surface area contributed by atoms with Crippen molar-refractivity contribution >= 4 is 65.0 Å². The number of carbonyl (C=O) groups excluding carboxylic acids is 11. The van der Waals surface area contributed by atoms with Crippen LogP contribution >= 0.6 is 0 Å². The Morgan fingerprint density at radius 1 is 0.610 bits per heavy atom. The fourth-order valence-electron chi connectivity index (χ4n) is 17.7. The van der Waals surface area contributed by atoms with E-state index in [4.69, 9.17) is 4.74 Å². The maximum absolute atomic E-state index is 15.7. The van der Waals surface area contributed by atoms with Crippen LogP contribution in [0.4, 0.5) is 35.1 Å². The summed E-state index contributed by atoms with van der Waals surface area (Å²) in [5.41, 5.74) is -2.22. The molecular weight excluding hydrogens is 1390 g/mol. The third-order valence-electron chi connectivity index (χ3n) is 23.8. The molecule has 0 aromatic carbocycles. The van der Waals surface area contributed by atoms with E-state index in [1.165, 1.54) is 49.9 Å². The van der Waals surface area contributed by atoms with E-state index in [1.54, 1.807) is 44.7 Å². The fourth-order valence-corrected chi connectivity index (χ4v) is 17.7. The normalized spacial score (nSPS) is 32.7. The monoisotopic (exact) mass is 1500 g/mol. The van der Waals surface area contributed by atoms with E-state index in [-0.39, 0.29) is 110 Å².